The fourth-order valence-electron chi connectivity index (χ4n) is 2.39. The highest BCUT2D eigenvalue weighted by atomic mass is 32.2. The third-order valence-corrected chi connectivity index (χ3v) is 5.44. The predicted molar refractivity (Wildman–Crippen MR) is 92.3 cm³/mol. The first-order valence-corrected chi connectivity index (χ1v) is 9.27. The summed E-state index contributed by atoms with van der Waals surface area (Å²) in [5, 5.41) is 0. The molecule has 0 spiro atoms. The van der Waals surface area contributed by atoms with E-state index in [1.807, 2.05) is 13.8 Å². The molecule has 0 aromatic heterocycles. The number of benzene rings is 1. The van der Waals surface area contributed by atoms with Gasteiger partial charge in [-0.15, -0.1) is 0 Å². The molecular formula is C16H25N3O4S. The Morgan fingerprint density at radius 1 is 1.04 bits per heavy atom. The highest BCUT2D eigenvalue weighted by Crippen LogP contribution is 2.25. The molecule has 7 nitrogen and oxygen atoms in total. The number of rotatable bonds is 8. The van der Waals surface area contributed by atoms with Crippen LogP contribution in [0.1, 0.15) is 47.4 Å². The van der Waals surface area contributed by atoms with Crippen molar-refractivity contribution in [3.63, 3.8) is 0 Å². The maximum Gasteiger partial charge on any atom is 0.255 e. The molecule has 0 radical (unpaired) electrons. The van der Waals surface area contributed by atoms with Gasteiger partial charge in [-0.25, -0.2) is 12.7 Å². The molecule has 0 aliphatic rings. The molecule has 2 N–H and O–H groups in total. The zero-order valence-electron chi connectivity index (χ0n) is 14.6. The molecule has 0 saturated carbocycles. The van der Waals surface area contributed by atoms with Gasteiger partial charge in [-0.3, -0.25) is 9.59 Å². The maximum absolute atomic E-state index is 12.9. The fourth-order valence-corrected chi connectivity index (χ4v) is 3.63. The van der Waals surface area contributed by atoms with E-state index >= 15 is 0 Å². The van der Waals surface area contributed by atoms with Gasteiger partial charge in [0.1, 0.15) is 4.90 Å². The molecule has 1 aromatic carbocycles. The standard InChI is InChI=1S/C16H25N3O4S/c1-5-10-19(11-6-2)16(21)13-9-7-8-12(15(17)20)14(13)24(22,23)18(3)4/h7-9H,5-6,10-11H2,1-4H3,(H2,17,20). The van der Waals surface area contributed by atoms with E-state index in [2.05, 4.69) is 0 Å². The Hall–Kier alpha value is -1.93. The van der Waals surface area contributed by atoms with Crippen LogP contribution in [0.2, 0.25) is 0 Å². The van der Waals surface area contributed by atoms with Gasteiger partial charge in [0.2, 0.25) is 15.9 Å². The van der Waals surface area contributed by atoms with Gasteiger partial charge in [0.15, 0.2) is 0 Å². The second-order valence-electron chi connectivity index (χ2n) is 5.63. The molecule has 1 aromatic rings. The van der Waals surface area contributed by atoms with E-state index in [1.165, 1.54) is 32.3 Å². The molecule has 8 heteroatoms. The highest BCUT2D eigenvalue weighted by molar-refractivity contribution is 7.89. The van der Waals surface area contributed by atoms with Crippen LogP contribution in [0, 0.1) is 0 Å². The number of carbonyl (C=O) groups is 2. The molecule has 0 fully saturated rings. The number of sulfonamides is 1. The second kappa shape index (κ2) is 8.25. The van der Waals surface area contributed by atoms with Crippen LogP contribution in [0.5, 0.6) is 0 Å². The zero-order chi connectivity index (χ0) is 18.5. The highest BCUT2D eigenvalue weighted by Gasteiger charge is 2.31. The van der Waals surface area contributed by atoms with Crippen LogP contribution < -0.4 is 5.73 Å². The molecule has 0 saturated heterocycles. The van der Waals surface area contributed by atoms with E-state index in [9.17, 15) is 18.0 Å². The minimum Gasteiger partial charge on any atom is -0.366 e. The quantitative estimate of drug-likeness (QED) is 0.759. The largest absolute Gasteiger partial charge is 0.366 e. The van der Waals surface area contributed by atoms with Crippen LogP contribution >= 0.6 is 0 Å². The van der Waals surface area contributed by atoms with Crippen molar-refractivity contribution in [2.45, 2.75) is 31.6 Å². The Labute approximate surface area is 143 Å². The maximum atomic E-state index is 12.9. The summed E-state index contributed by atoms with van der Waals surface area (Å²) in [7, 11) is -1.32. The molecule has 24 heavy (non-hydrogen) atoms. The molecular weight excluding hydrogens is 330 g/mol. The Morgan fingerprint density at radius 2 is 1.54 bits per heavy atom. The number of nitrogens with zero attached hydrogens (tertiary/aromatic N) is 2. The van der Waals surface area contributed by atoms with Crippen molar-refractivity contribution in [2.24, 2.45) is 5.73 Å². The van der Waals surface area contributed by atoms with Crippen molar-refractivity contribution < 1.29 is 18.0 Å². The molecule has 0 aliphatic heterocycles. The van der Waals surface area contributed by atoms with Crippen molar-refractivity contribution in [3.8, 4) is 0 Å². The summed E-state index contributed by atoms with van der Waals surface area (Å²) in [6.07, 6.45) is 1.49. The van der Waals surface area contributed by atoms with Crippen LogP contribution in [0.15, 0.2) is 23.1 Å². The van der Waals surface area contributed by atoms with Crippen molar-refractivity contribution in [1.29, 1.82) is 0 Å². The lowest BCUT2D eigenvalue weighted by molar-refractivity contribution is 0.0751. The summed E-state index contributed by atoms with van der Waals surface area (Å²) >= 11 is 0. The summed E-state index contributed by atoms with van der Waals surface area (Å²) in [5.74, 6) is -1.30. The normalized spacial score (nSPS) is 11.5. The molecule has 1 rings (SSSR count). The lowest BCUT2D eigenvalue weighted by atomic mass is 10.1. The van der Waals surface area contributed by atoms with Crippen LogP contribution in [0.25, 0.3) is 0 Å². The third kappa shape index (κ3) is 4.12. The van der Waals surface area contributed by atoms with E-state index in [1.54, 1.807) is 4.90 Å². The van der Waals surface area contributed by atoms with E-state index in [4.69, 9.17) is 5.73 Å². The first kappa shape index (κ1) is 20.1. The molecule has 0 unspecified atom stereocenters. The van der Waals surface area contributed by atoms with Gasteiger partial charge in [-0.1, -0.05) is 19.9 Å². The number of nitrogens with two attached hydrogens (primary N) is 1. The van der Waals surface area contributed by atoms with Crippen molar-refractivity contribution >= 4 is 21.8 Å². The molecule has 0 atom stereocenters. The van der Waals surface area contributed by atoms with Crippen molar-refractivity contribution in [1.82, 2.24) is 9.21 Å². The minimum atomic E-state index is -4.01. The van der Waals surface area contributed by atoms with Crippen LogP contribution in [-0.2, 0) is 10.0 Å². The van der Waals surface area contributed by atoms with Gasteiger partial charge < -0.3 is 10.6 Å². The van der Waals surface area contributed by atoms with Gasteiger partial charge in [0, 0.05) is 27.2 Å². The topological polar surface area (TPSA) is 101 Å². The lowest BCUT2D eigenvalue weighted by Crippen LogP contribution is -2.35. The summed E-state index contributed by atoms with van der Waals surface area (Å²) in [6.45, 7) is 4.89. The summed E-state index contributed by atoms with van der Waals surface area (Å²) in [5.41, 5.74) is 5.12. The first-order chi connectivity index (χ1) is 11.2. The Balaban J connectivity index is 3.62. The zero-order valence-corrected chi connectivity index (χ0v) is 15.4. The van der Waals surface area contributed by atoms with Crippen LogP contribution in [0.3, 0.4) is 0 Å². The Kier molecular flexibility index (Phi) is 6.92. The molecule has 0 bridgehead atoms. The molecule has 0 aliphatic carbocycles. The van der Waals surface area contributed by atoms with E-state index in [0.717, 1.165) is 17.1 Å². The fraction of sp³-hybridized carbons (Fsp3) is 0.500. The average molecular weight is 355 g/mol. The van der Waals surface area contributed by atoms with Gasteiger partial charge >= 0.3 is 0 Å². The van der Waals surface area contributed by atoms with E-state index in [-0.39, 0.29) is 16.0 Å². The third-order valence-electron chi connectivity index (χ3n) is 3.52. The van der Waals surface area contributed by atoms with Gasteiger partial charge in [0.05, 0.1) is 11.1 Å². The molecule has 2 amide bonds. The van der Waals surface area contributed by atoms with Gasteiger partial charge in [-0.05, 0) is 25.0 Å². The molecule has 134 valence electrons. The van der Waals surface area contributed by atoms with E-state index in [0.29, 0.717) is 13.1 Å². The average Bonchev–Trinajstić information content (AvgIpc) is 2.53. The summed E-state index contributed by atoms with van der Waals surface area (Å²) in [6, 6.07) is 4.21. The lowest BCUT2D eigenvalue weighted by Gasteiger charge is -2.24. The first-order valence-electron chi connectivity index (χ1n) is 7.83. The number of hydrogen-bond donors (Lipinski definition) is 1. The van der Waals surface area contributed by atoms with Gasteiger partial charge in [0.25, 0.3) is 5.91 Å². The molecule has 0 heterocycles. The SMILES string of the molecule is CCCN(CCC)C(=O)c1cccc(C(N)=O)c1S(=O)(=O)N(C)C. The summed E-state index contributed by atoms with van der Waals surface area (Å²) in [4.78, 5) is 25.8. The van der Waals surface area contributed by atoms with Crippen molar-refractivity contribution in [2.75, 3.05) is 27.2 Å². The number of amides is 2. The van der Waals surface area contributed by atoms with E-state index < -0.39 is 21.8 Å². The van der Waals surface area contributed by atoms with Crippen LogP contribution in [-0.4, -0.2) is 56.6 Å². The van der Waals surface area contributed by atoms with Crippen molar-refractivity contribution in [3.05, 3.63) is 29.3 Å². The van der Waals surface area contributed by atoms with Crippen LogP contribution in [0.4, 0.5) is 0 Å². The smallest absolute Gasteiger partial charge is 0.255 e. The monoisotopic (exact) mass is 355 g/mol. The van der Waals surface area contributed by atoms with Gasteiger partial charge in [-0.2, -0.15) is 0 Å². The number of carbonyl (C=O) groups excluding carboxylic acids is 2. The predicted octanol–water partition coefficient (Wildman–Crippen LogP) is 1.30. The minimum absolute atomic E-state index is 0.0260. The number of hydrogen-bond acceptors (Lipinski definition) is 4. The Bertz CT molecular complexity index is 708. The number of primary amides is 1. The Morgan fingerprint density at radius 3 is 1.96 bits per heavy atom. The second-order valence-corrected chi connectivity index (χ2v) is 7.71. The summed E-state index contributed by atoms with van der Waals surface area (Å²) < 4.78 is 26.3.